The minimum Gasteiger partial charge on any atom is -0.497 e. The fourth-order valence-corrected chi connectivity index (χ4v) is 5.47. The summed E-state index contributed by atoms with van der Waals surface area (Å²) >= 11 is 12.9. The molecule has 4 aromatic rings. The molecule has 2 N–H and O–H groups in total. The number of hydrogen-bond donors (Lipinski definition) is 2. The number of nitrogens with one attached hydrogen (secondary N) is 2. The zero-order valence-corrected chi connectivity index (χ0v) is 25.0. The Labute approximate surface area is 254 Å². The molecule has 1 aromatic heterocycles. The van der Waals surface area contributed by atoms with Gasteiger partial charge < -0.3 is 20.3 Å². The number of amides is 3. The molecular formula is C32H31Cl2N5O3. The molecular weight excluding hydrogens is 573 g/mol. The number of halogens is 2. The zero-order chi connectivity index (χ0) is 29.8. The van der Waals surface area contributed by atoms with E-state index in [1.807, 2.05) is 74.5 Å². The van der Waals surface area contributed by atoms with Crippen LogP contribution >= 0.6 is 23.2 Å². The average Bonchev–Trinajstić information content (AvgIpc) is 3.38. The van der Waals surface area contributed by atoms with Crippen LogP contribution in [0.1, 0.15) is 52.8 Å². The highest BCUT2D eigenvalue weighted by atomic mass is 35.5. The molecule has 1 atom stereocenters. The molecule has 8 nitrogen and oxygen atoms in total. The van der Waals surface area contributed by atoms with Gasteiger partial charge in [-0.1, -0.05) is 65.7 Å². The van der Waals surface area contributed by atoms with E-state index in [1.165, 1.54) is 0 Å². The van der Waals surface area contributed by atoms with E-state index in [-0.39, 0.29) is 30.2 Å². The van der Waals surface area contributed by atoms with Gasteiger partial charge in [0.2, 0.25) is 0 Å². The smallest absolute Gasteiger partial charge is 0.317 e. The van der Waals surface area contributed by atoms with Gasteiger partial charge in [0.05, 0.1) is 36.1 Å². The van der Waals surface area contributed by atoms with E-state index in [0.717, 1.165) is 22.4 Å². The van der Waals surface area contributed by atoms with E-state index in [1.54, 1.807) is 34.9 Å². The molecule has 42 heavy (non-hydrogen) atoms. The molecule has 0 bridgehead atoms. The van der Waals surface area contributed by atoms with Crippen LogP contribution in [-0.4, -0.2) is 46.8 Å². The molecule has 0 spiro atoms. The summed E-state index contributed by atoms with van der Waals surface area (Å²) < 4.78 is 7.00. The number of nitrogens with zero attached hydrogens (tertiary/aromatic N) is 3. The van der Waals surface area contributed by atoms with Crippen molar-refractivity contribution in [2.24, 2.45) is 0 Å². The summed E-state index contributed by atoms with van der Waals surface area (Å²) in [7, 11) is 1.62. The first kappa shape index (κ1) is 29.2. The zero-order valence-electron chi connectivity index (χ0n) is 23.5. The van der Waals surface area contributed by atoms with Gasteiger partial charge in [0, 0.05) is 23.7 Å². The Morgan fingerprint density at radius 3 is 2.45 bits per heavy atom. The van der Waals surface area contributed by atoms with E-state index in [2.05, 4.69) is 10.6 Å². The minimum absolute atomic E-state index is 0.189. The predicted molar refractivity (Wildman–Crippen MR) is 166 cm³/mol. The third-order valence-corrected chi connectivity index (χ3v) is 7.61. The van der Waals surface area contributed by atoms with Crippen LogP contribution in [-0.2, 0) is 6.54 Å². The third kappa shape index (κ3) is 6.15. The number of methoxy groups -OCH3 is 1. The van der Waals surface area contributed by atoms with Crippen LogP contribution in [0, 0.1) is 0 Å². The van der Waals surface area contributed by atoms with Gasteiger partial charge in [-0.25, -0.2) is 9.48 Å². The minimum atomic E-state index is -0.354. The lowest BCUT2D eigenvalue weighted by molar-refractivity contribution is 0.0932. The molecule has 3 amide bonds. The van der Waals surface area contributed by atoms with Crippen molar-refractivity contribution in [2.45, 2.75) is 26.4 Å². The molecule has 0 unspecified atom stereocenters. The number of fused-ring (bicyclic) bond motifs is 1. The average molecular weight is 605 g/mol. The molecule has 0 saturated heterocycles. The third-order valence-electron chi connectivity index (χ3n) is 7.07. The maximum absolute atomic E-state index is 13.8. The predicted octanol–water partition coefficient (Wildman–Crippen LogP) is 6.76. The first-order valence-electron chi connectivity index (χ1n) is 13.6. The number of carbonyl (C=O) groups excluding carboxylic acids is 2. The molecule has 0 radical (unpaired) electrons. The second-order valence-electron chi connectivity index (χ2n) is 9.92. The molecule has 2 heterocycles. The van der Waals surface area contributed by atoms with Crippen LogP contribution in [0.15, 0.2) is 72.8 Å². The Bertz CT molecular complexity index is 1630. The second kappa shape index (κ2) is 12.7. The Balaban J connectivity index is 1.67. The number of carbonyl (C=O) groups is 2. The largest absolute Gasteiger partial charge is 0.497 e. The topological polar surface area (TPSA) is 88.5 Å². The summed E-state index contributed by atoms with van der Waals surface area (Å²) in [4.78, 5) is 28.6. The van der Waals surface area contributed by atoms with E-state index in [0.29, 0.717) is 40.1 Å². The van der Waals surface area contributed by atoms with Gasteiger partial charge in [-0.3, -0.25) is 4.79 Å². The Kier molecular flexibility index (Phi) is 8.85. The van der Waals surface area contributed by atoms with Crippen LogP contribution in [0.25, 0.3) is 17.3 Å². The summed E-state index contributed by atoms with van der Waals surface area (Å²) in [6.07, 6.45) is 1.99. The number of rotatable bonds is 7. The Morgan fingerprint density at radius 2 is 1.79 bits per heavy atom. The number of hydrogen-bond acceptors (Lipinski definition) is 4. The number of benzene rings is 3. The molecule has 5 rings (SSSR count). The molecule has 1 aliphatic rings. The van der Waals surface area contributed by atoms with Crippen molar-refractivity contribution >= 4 is 46.8 Å². The van der Waals surface area contributed by atoms with Crippen LogP contribution in [0.4, 0.5) is 4.79 Å². The highest BCUT2D eigenvalue weighted by Crippen LogP contribution is 2.36. The van der Waals surface area contributed by atoms with Crippen LogP contribution < -0.4 is 15.4 Å². The van der Waals surface area contributed by atoms with E-state index in [4.69, 9.17) is 33.0 Å². The van der Waals surface area contributed by atoms with Crippen molar-refractivity contribution in [3.8, 4) is 11.4 Å². The number of aromatic nitrogens is 2. The summed E-state index contributed by atoms with van der Waals surface area (Å²) in [5, 5.41) is 11.6. The summed E-state index contributed by atoms with van der Waals surface area (Å²) in [6, 6.07) is 21.9. The van der Waals surface area contributed by atoms with Gasteiger partial charge in [-0.15, -0.1) is 0 Å². The summed E-state index contributed by atoms with van der Waals surface area (Å²) in [6.45, 7) is 4.74. The fourth-order valence-electron chi connectivity index (χ4n) is 4.98. The van der Waals surface area contributed by atoms with Crippen molar-refractivity contribution in [1.82, 2.24) is 25.3 Å². The molecule has 0 saturated carbocycles. The standard InChI is InChI=1S/C32H31Cl2N5O3/c1-4-35-32(41)38-18-23(16-21-10-13-25(42-3)14-11-21)30-26(19-38)29(31(40)36-20(2)22-8-6-5-7-9-22)37-39(30)28-15-12-24(33)17-27(28)34/h5-17,20H,4,18-19H2,1-3H3,(H,35,41)(H,36,40)/t20-/m1/s1. The molecule has 1 aliphatic heterocycles. The van der Waals surface area contributed by atoms with Gasteiger partial charge in [0.25, 0.3) is 5.91 Å². The highest BCUT2D eigenvalue weighted by molar-refractivity contribution is 6.35. The molecule has 216 valence electrons. The van der Waals surface area contributed by atoms with Gasteiger partial charge >= 0.3 is 6.03 Å². The van der Waals surface area contributed by atoms with E-state index in [9.17, 15) is 9.59 Å². The van der Waals surface area contributed by atoms with Gasteiger partial charge in [0.15, 0.2) is 5.69 Å². The van der Waals surface area contributed by atoms with Gasteiger partial charge in [-0.2, -0.15) is 5.10 Å². The number of ether oxygens (including phenoxy) is 1. The van der Waals surface area contributed by atoms with Crippen molar-refractivity contribution in [1.29, 1.82) is 0 Å². The first-order chi connectivity index (χ1) is 20.3. The lowest BCUT2D eigenvalue weighted by atomic mass is 9.97. The van der Waals surface area contributed by atoms with Crippen molar-refractivity contribution < 1.29 is 14.3 Å². The first-order valence-corrected chi connectivity index (χ1v) is 14.4. The van der Waals surface area contributed by atoms with Crippen LogP contribution in [0.5, 0.6) is 5.75 Å². The number of urea groups is 1. The van der Waals surface area contributed by atoms with Crippen molar-refractivity contribution in [3.63, 3.8) is 0 Å². The highest BCUT2D eigenvalue weighted by Gasteiger charge is 2.34. The lowest BCUT2D eigenvalue weighted by Gasteiger charge is -2.30. The second-order valence-corrected chi connectivity index (χ2v) is 10.8. The quantitative estimate of drug-likeness (QED) is 0.244. The van der Waals surface area contributed by atoms with Crippen LogP contribution in [0.2, 0.25) is 10.0 Å². The lowest BCUT2D eigenvalue weighted by Crippen LogP contribution is -2.42. The molecule has 10 heteroatoms. The van der Waals surface area contributed by atoms with E-state index >= 15 is 0 Å². The molecule has 0 aliphatic carbocycles. The SMILES string of the molecule is CCNC(=O)N1CC(=Cc2ccc(OC)cc2)c2c(c(C(=O)N[C@H](C)c3ccccc3)nn2-c2ccc(Cl)cc2Cl)C1. The molecule has 0 fully saturated rings. The fraction of sp³-hybridized carbons (Fsp3) is 0.219. The Hall–Kier alpha value is -4.27. The maximum Gasteiger partial charge on any atom is 0.317 e. The van der Waals surface area contributed by atoms with Crippen LogP contribution in [0.3, 0.4) is 0 Å². The normalized spacial score (nSPS) is 14.3. The maximum atomic E-state index is 13.8. The van der Waals surface area contributed by atoms with Gasteiger partial charge in [-0.05, 0) is 67.0 Å². The summed E-state index contributed by atoms with van der Waals surface area (Å²) in [5.41, 5.74) is 4.76. The van der Waals surface area contributed by atoms with E-state index < -0.39 is 0 Å². The molecule has 3 aromatic carbocycles. The summed E-state index contributed by atoms with van der Waals surface area (Å²) in [5.74, 6) is 0.378. The Morgan fingerprint density at radius 1 is 1.05 bits per heavy atom. The van der Waals surface area contributed by atoms with Crippen molar-refractivity contribution in [3.05, 3.63) is 111 Å². The monoisotopic (exact) mass is 603 g/mol. The van der Waals surface area contributed by atoms with Crippen molar-refractivity contribution in [2.75, 3.05) is 20.2 Å². The van der Waals surface area contributed by atoms with Gasteiger partial charge in [0.1, 0.15) is 5.75 Å².